The highest BCUT2D eigenvalue weighted by atomic mass is 16.5. The molecule has 0 bridgehead atoms. The first-order valence-electron chi connectivity index (χ1n) is 8.91. The van der Waals surface area contributed by atoms with Gasteiger partial charge >= 0.3 is 6.03 Å². The van der Waals surface area contributed by atoms with Crippen LogP contribution >= 0.6 is 0 Å². The Hall–Kier alpha value is -2.31. The second-order valence-electron chi connectivity index (χ2n) is 6.61. The minimum absolute atomic E-state index is 0.0135. The van der Waals surface area contributed by atoms with Gasteiger partial charge in [0.05, 0.1) is 13.2 Å². The number of urea groups is 1. The summed E-state index contributed by atoms with van der Waals surface area (Å²) in [6.45, 7) is 5.15. The molecule has 0 spiro atoms. The summed E-state index contributed by atoms with van der Waals surface area (Å²) >= 11 is 0. The molecule has 2 fully saturated rings. The lowest BCUT2D eigenvalue weighted by Crippen LogP contribution is -2.45. The Labute approximate surface area is 148 Å². The molecule has 2 saturated heterocycles. The van der Waals surface area contributed by atoms with Crippen LogP contribution in [0.2, 0.25) is 0 Å². The molecule has 2 amide bonds. The van der Waals surface area contributed by atoms with Gasteiger partial charge in [-0.15, -0.1) is 0 Å². The van der Waals surface area contributed by atoms with Gasteiger partial charge in [-0.3, -0.25) is 4.90 Å². The molecule has 2 aliphatic heterocycles. The van der Waals surface area contributed by atoms with Gasteiger partial charge < -0.3 is 19.5 Å². The number of likely N-dealkylation sites (tertiary alicyclic amines) is 1. The zero-order valence-corrected chi connectivity index (χ0v) is 14.3. The summed E-state index contributed by atoms with van der Waals surface area (Å²) in [5.74, 6) is 0. The Kier molecular flexibility index (Phi) is 4.72. The van der Waals surface area contributed by atoms with E-state index in [-0.39, 0.29) is 6.03 Å². The minimum atomic E-state index is -0.0135. The van der Waals surface area contributed by atoms with Crippen molar-refractivity contribution in [1.82, 2.24) is 14.4 Å². The van der Waals surface area contributed by atoms with Gasteiger partial charge in [0.15, 0.2) is 0 Å². The van der Waals surface area contributed by atoms with Crippen molar-refractivity contribution in [3.05, 3.63) is 48.8 Å². The zero-order chi connectivity index (χ0) is 17.1. The molecule has 2 aromatic rings. The van der Waals surface area contributed by atoms with Gasteiger partial charge in [0.2, 0.25) is 0 Å². The molecule has 2 aliphatic rings. The van der Waals surface area contributed by atoms with Crippen molar-refractivity contribution in [3.63, 3.8) is 0 Å². The molecule has 1 aromatic carbocycles. The molecule has 3 heterocycles. The number of aromatic nitrogens is 1. The number of amides is 2. The quantitative estimate of drug-likeness (QED) is 0.933. The topological polar surface area (TPSA) is 49.7 Å². The number of carbonyl (C=O) groups is 1. The summed E-state index contributed by atoms with van der Waals surface area (Å²) in [5.41, 5.74) is 1.86. The Morgan fingerprint density at radius 3 is 2.68 bits per heavy atom. The van der Waals surface area contributed by atoms with Crippen molar-refractivity contribution in [3.8, 4) is 5.69 Å². The van der Waals surface area contributed by atoms with Crippen LogP contribution in [0.1, 0.15) is 6.42 Å². The molecule has 0 saturated carbocycles. The third-order valence-corrected chi connectivity index (χ3v) is 5.01. The van der Waals surface area contributed by atoms with E-state index in [1.54, 1.807) is 0 Å². The summed E-state index contributed by atoms with van der Waals surface area (Å²) < 4.78 is 7.45. The Bertz CT molecular complexity index is 710. The van der Waals surface area contributed by atoms with Gasteiger partial charge in [0, 0.05) is 56.0 Å². The number of morpholine rings is 1. The first-order valence-corrected chi connectivity index (χ1v) is 8.91. The van der Waals surface area contributed by atoms with Gasteiger partial charge in [-0.2, -0.15) is 0 Å². The molecule has 0 unspecified atom stereocenters. The van der Waals surface area contributed by atoms with Crippen LogP contribution in [0.4, 0.5) is 10.5 Å². The van der Waals surface area contributed by atoms with Gasteiger partial charge in [-0.05, 0) is 36.8 Å². The number of ether oxygens (including phenoxy) is 1. The molecule has 0 radical (unpaired) electrons. The monoisotopic (exact) mass is 340 g/mol. The first kappa shape index (κ1) is 16.2. The Morgan fingerprint density at radius 1 is 1.08 bits per heavy atom. The van der Waals surface area contributed by atoms with E-state index in [1.807, 2.05) is 58.3 Å². The molecule has 1 N–H and O–H groups in total. The van der Waals surface area contributed by atoms with Crippen LogP contribution in [0.15, 0.2) is 48.8 Å². The van der Waals surface area contributed by atoms with Crippen molar-refractivity contribution in [1.29, 1.82) is 0 Å². The Morgan fingerprint density at radius 2 is 1.88 bits per heavy atom. The van der Waals surface area contributed by atoms with Gasteiger partial charge in [0.25, 0.3) is 0 Å². The predicted octanol–water partition coefficient (Wildman–Crippen LogP) is 2.42. The van der Waals surface area contributed by atoms with Gasteiger partial charge in [0.1, 0.15) is 0 Å². The summed E-state index contributed by atoms with van der Waals surface area (Å²) in [7, 11) is 0. The summed E-state index contributed by atoms with van der Waals surface area (Å²) in [4.78, 5) is 17.0. The minimum Gasteiger partial charge on any atom is -0.379 e. The lowest BCUT2D eigenvalue weighted by Gasteiger charge is -2.32. The number of carbonyl (C=O) groups excluding carboxylic acids is 1. The highest BCUT2D eigenvalue weighted by Gasteiger charge is 2.31. The maximum Gasteiger partial charge on any atom is 0.321 e. The summed E-state index contributed by atoms with van der Waals surface area (Å²) in [5, 5.41) is 3.04. The zero-order valence-electron chi connectivity index (χ0n) is 14.3. The fourth-order valence-electron chi connectivity index (χ4n) is 3.62. The maximum atomic E-state index is 12.6. The predicted molar refractivity (Wildman–Crippen MR) is 97.2 cm³/mol. The number of nitrogens with one attached hydrogen (secondary N) is 1. The third kappa shape index (κ3) is 3.70. The number of nitrogens with zero attached hydrogens (tertiary/aromatic N) is 3. The molecule has 25 heavy (non-hydrogen) atoms. The second-order valence-corrected chi connectivity index (χ2v) is 6.61. The van der Waals surface area contributed by atoms with Crippen LogP contribution in [0, 0.1) is 0 Å². The number of rotatable bonds is 3. The van der Waals surface area contributed by atoms with Gasteiger partial charge in [-0.1, -0.05) is 6.07 Å². The van der Waals surface area contributed by atoms with Crippen molar-refractivity contribution in [2.75, 3.05) is 44.7 Å². The normalized spacial score (nSPS) is 21.4. The molecule has 4 rings (SSSR count). The van der Waals surface area contributed by atoms with Crippen molar-refractivity contribution in [2.24, 2.45) is 0 Å². The van der Waals surface area contributed by atoms with Crippen LogP contribution in [0.5, 0.6) is 0 Å². The molecule has 132 valence electrons. The smallest absolute Gasteiger partial charge is 0.321 e. The molecular weight excluding hydrogens is 316 g/mol. The number of hydrogen-bond donors (Lipinski definition) is 1. The molecular formula is C19H24N4O2. The molecule has 6 heteroatoms. The lowest BCUT2D eigenvalue weighted by molar-refractivity contribution is 0.0192. The summed E-state index contributed by atoms with van der Waals surface area (Å²) in [6.07, 6.45) is 5.03. The van der Waals surface area contributed by atoms with Crippen molar-refractivity contribution < 1.29 is 9.53 Å². The maximum absolute atomic E-state index is 12.6. The van der Waals surface area contributed by atoms with E-state index in [0.29, 0.717) is 6.04 Å². The average Bonchev–Trinajstić information content (AvgIpc) is 3.35. The largest absolute Gasteiger partial charge is 0.379 e. The van der Waals surface area contributed by atoms with Crippen LogP contribution in [-0.2, 0) is 4.74 Å². The van der Waals surface area contributed by atoms with E-state index in [9.17, 15) is 4.79 Å². The second kappa shape index (κ2) is 7.29. The number of hydrogen-bond acceptors (Lipinski definition) is 3. The Balaban J connectivity index is 1.37. The fourth-order valence-corrected chi connectivity index (χ4v) is 3.62. The third-order valence-electron chi connectivity index (χ3n) is 5.01. The van der Waals surface area contributed by atoms with E-state index in [2.05, 4.69) is 10.2 Å². The molecule has 1 aromatic heterocycles. The summed E-state index contributed by atoms with van der Waals surface area (Å²) in [6, 6.07) is 12.3. The van der Waals surface area contributed by atoms with E-state index in [1.165, 1.54) is 0 Å². The highest BCUT2D eigenvalue weighted by Crippen LogP contribution is 2.19. The lowest BCUT2D eigenvalue weighted by atomic mass is 10.2. The van der Waals surface area contributed by atoms with Crippen molar-refractivity contribution >= 4 is 11.7 Å². The van der Waals surface area contributed by atoms with Crippen LogP contribution < -0.4 is 5.32 Å². The fraction of sp³-hybridized carbons (Fsp3) is 0.421. The van der Waals surface area contributed by atoms with Crippen LogP contribution in [-0.4, -0.2) is 65.8 Å². The van der Waals surface area contributed by atoms with E-state index in [4.69, 9.17) is 4.74 Å². The molecule has 0 aliphatic carbocycles. The van der Waals surface area contributed by atoms with Gasteiger partial charge in [-0.25, -0.2) is 4.79 Å². The number of anilines is 1. The standard InChI is InChI=1S/C19H24N4O2/c24-19(23-9-6-18(15-23)22-10-12-25-13-11-22)20-16-4-3-5-17(14-16)21-7-1-2-8-21/h1-5,7-8,14,18H,6,9-13,15H2,(H,20,24)/t18-/m0/s1. The van der Waals surface area contributed by atoms with E-state index in [0.717, 1.165) is 57.2 Å². The van der Waals surface area contributed by atoms with Crippen LogP contribution in [0.3, 0.4) is 0 Å². The first-order chi connectivity index (χ1) is 12.3. The van der Waals surface area contributed by atoms with E-state index >= 15 is 0 Å². The number of benzene rings is 1. The molecule has 1 atom stereocenters. The SMILES string of the molecule is O=C(Nc1cccc(-n2cccc2)c1)N1CC[C@H](N2CCOCC2)C1. The van der Waals surface area contributed by atoms with E-state index < -0.39 is 0 Å². The molecule has 6 nitrogen and oxygen atoms in total. The van der Waals surface area contributed by atoms with Crippen molar-refractivity contribution in [2.45, 2.75) is 12.5 Å². The average molecular weight is 340 g/mol. The van der Waals surface area contributed by atoms with Crippen LogP contribution in [0.25, 0.3) is 5.69 Å². The highest BCUT2D eigenvalue weighted by molar-refractivity contribution is 5.89.